The van der Waals surface area contributed by atoms with Gasteiger partial charge in [-0.15, -0.1) is 0 Å². The first-order valence-electron chi connectivity index (χ1n) is 9.34. The third-order valence-electron chi connectivity index (χ3n) is 4.67. The molecular weight excluding hydrogens is 454 g/mol. The number of methoxy groups -OCH3 is 1. The third-order valence-corrected chi connectivity index (χ3v) is 4.67. The predicted octanol–water partition coefficient (Wildman–Crippen LogP) is 5.69. The Bertz CT molecular complexity index is 1240. The zero-order valence-electron chi connectivity index (χ0n) is 16.8. The summed E-state index contributed by atoms with van der Waals surface area (Å²) in [6, 6.07) is 13.1. The lowest BCUT2D eigenvalue weighted by atomic mass is 10.1. The van der Waals surface area contributed by atoms with Crippen molar-refractivity contribution in [3.05, 3.63) is 71.7 Å². The lowest BCUT2D eigenvalue weighted by Gasteiger charge is -2.10. The molecule has 0 saturated heterocycles. The van der Waals surface area contributed by atoms with E-state index < -0.39 is 23.9 Å². The molecule has 0 N–H and O–H groups in total. The fourth-order valence-electron chi connectivity index (χ4n) is 3.06. The van der Waals surface area contributed by atoms with Gasteiger partial charge in [-0.25, -0.2) is 0 Å². The summed E-state index contributed by atoms with van der Waals surface area (Å²) in [6.45, 7) is -0.217. The van der Waals surface area contributed by atoms with E-state index in [1.807, 2.05) is 0 Å². The summed E-state index contributed by atoms with van der Waals surface area (Å²) in [4.78, 5) is 3.28. The number of nitrogens with zero attached hydrogens (tertiary/aromatic N) is 4. The molecule has 0 radical (unpaired) electrons. The minimum absolute atomic E-state index is 0.132. The largest absolute Gasteiger partial charge is 0.497 e. The van der Waals surface area contributed by atoms with Crippen LogP contribution in [0.4, 0.5) is 26.3 Å². The fraction of sp³-hybridized carbons (Fsp3) is 0.190. The van der Waals surface area contributed by atoms with Crippen LogP contribution in [0.3, 0.4) is 0 Å². The maximum absolute atomic E-state index is 13.6. The van der Waals surface area contributed by atoms with Crippen LogP contribution in [0, 0.1) is 0 Å². The number of halogens is 6. The Morgan fingerprint density at radius 1 is 0.879 bits per heavy atom. The third kappa shape index (κ3) is 4.83. The molecule has 0 saturated carbocycles. The minimum Gasteiger partial charge on any atom is -0.497 e. The van der Waals surface area contributed by atoms with Crippen molar-refractivity contribution < 1.29 is 35.6 Å². The average Bonchev–Trinajstić information content (AvgIpc) is 3.42. The summed E-state index contributed by atoms with van der Waals surface area (Å²) >= 11 is 0. The minimum atomic E-state index is -4.78. The van der Waals surface area contributed by atoms with Gasteiger partial charge in [0.05, 0.1) is 19.3 Å². The average molecular weight is 468 g/mol. The van der Waals surface area contributed by atoms with E-state index in [9.17, 15) is 26.3 Å². The highest BCUT2D eigenvalue weighted by Crippen LogP contribution is 2.34. The maximum atomic E-state index is 13.6. The second-order valence-corrected chi connectivity index (χ2v) is 6.92. The van der Waals surface area contributed by atoms with Crippen molar-refractivity contribution >= 4 is 0 Å². The molecule has 33 heavy (non-hydrogen) atoms. The molecule has 172 valence electrons. The summed E-state index contributed by atoms with van der Waals surface area (Å²) in [5.41, 5.74) is 0.327. The zero-order valence-corrected chi connectivity index (χ0v) is 16.8. The first kappa shape index (κ1) is 22.4. The highest BCUT2D eigenvalue weighted by atomic mass is 19.4. The molecule has 4 aromatic rings. The van der Waals surface area contributed by atoms with E-state index in [4.69, 9.17) is 4.74 Å². The molecule has 0 amide bonds. The van der Waals surface area contributed by atoms with E-state index >= 15 is 0 Å². The number of ether oxygens (including phenoxy) is 1. The van der Waals surface area contributed by atoms with Crippen molar-refractivity contribution in [2.24, 2.45) is 0 Å². The molecule has 0 unspecified atom stereocenters. The van der Waals surface area contributed by atoms with Crippen LogP contribution in [0.15, 0.2) is 59.1 Å². The van der Waals surface area contributed by atoms with Crippen LogP contribution < -0.4 is 4.74 Å². The van der Waals surface area contributed by atoms with Crippen LogP contribution in [0.25, 0.3) is 22.6 Å². The first-order chi connectivity index (χ1) is 15.5. The molecular formula is C21H14F6N4O2. The standard InChI is InChI=1S/C21H14F6N4O2/c1-32-15-8-6-13(7-9-15)16-10-17(20(22,23)24)31(29-16)11-12-2-4-14(5-3-12)18-28-19(33-30-18)21(25,26)27/h2-10H,11H2,1H3. The van der Waals surface area contributed by atoms with Gasteiger partial charge in [-0.05, 0) is 35.9 Å². The SMILES string of the molecule is COc1ccc(-c2cc(C(F)(F)F)n(Cc3ccc(-c4noc(C(F)(F)F)n4)cc3)n2)cc1. The molecule has 4 rings (SSSR count). The Balaban J connectivity index is 1.60. The molecule has 0 fully saturated rings. The molecule has 0 spiro atoms. The Morgan fingerprint density at radius 3 is 2.06 bits per heavy atom. The highest BCUT2D eigenvalue weighted by Gasteiger charge is 2.38. The number of alkyl halides is 6. The van der Waals surface area contributed by atoms with Gasteiger partial charge in [0.25, 0.3) is 0 Å². The van der Waals surface area contributed by atoms with Crippen molar-refractivity contribution in [1.29, 1.82) is 0 Å². The normalized spacial score (nSPS) is 12.2. The number of hydrogen-bond acceptors (Lipinski definition) is 5. The van der Waals surface area contributed by atoms with Crippen LogP contribution in [0.1, 0.15) is 17.1 Å². The van der Waals surface area contributed by atoms with Crippen molar-refractivity contribution in [2.45, 2.75) is 18.9 Å². The lowest BCUT2D eigenvalue weighted by Crippen LogP contribution is -2.15. The van der Waals surface area contributed by atoms with Gasteiger partial charge in [0.15, 0.2) is 0 Å². The molecule has 6 nitrogen and oxygen atoms in total. The number of rotatable bonds is 5. The van der Waals surface area contributed by atoms with E-state index in [2.05, 4.69) is 19.8 Å². The monoisotopic (exact) mass is 468 g/mol. The van der Waals surface area contributed by atoms with Gasteiger partial charge in [0, 0.05) is 11.1 Å². The van der Waals surface area contributed by atoms with Crippen LogP contribution in [-0.4, -0.2) is 27.0 Å². The fourth-order valence-corrected chi connectivity index (χ4v) is 3.06. The Kier molecular flexibility index (Phi) is 5.60. The van der Waals surface area contributed by atoms with Crippen molar-refractivity contribution in [3.8, 4) is 28.4 Å². The second kappa shape index (κ2) is 8.26. The molecule has 0 aliphatic rings. The summed E-state index contributed by atoms with van der Waals surface area (Å²) in [5, 5.41) is 7.38. The van der Waals surface area contributed by atoms with Gasteiger partial charge in [-0.3, -0.25) is 4.68 Å². The molecule has 0 atom stereocenters. The van der Waals surface area contributed by atoms with E-state index in [0.29, 0.717) is 16.9 Å². The number of hydrogen-bond donors (Lipinski definition) is 0. The first-order valence-corrected chi connectivity index (χ1v) is 9.34. The van der Waals surface area contributed by atoms with Crippen molar-refractivity contribution in [2.75, 3.05) is 7.11 Å². The van der Waals surface area contributed by atoms with Crippen LogP contribution >= 0.6 is 0 Å². The van der Waals surface area contributed by atoms with Gasteiger partial charge >= 0.3 is 18.2 Å². The topological polar surface area (TPSA) is 66.0 Å². The number of aromatic nitrogens is 4. The molecule has 0 bridgehead atoms. The van der Waals surface area contributed by atoms with Gasteiger partial charge in [-0.2, -0.15) is 36.4 Å². The lowest BCUT2D eigenvalue weighted by molar-refractivity contribution is -0.159. The quantitative estimate of drug-likeness (QED) is 0.352. The van der Waals surface area contributed by atoms with Crippen molar-refractivity contribution in [3.63, 3.8) is 0 Å². The van der Waals surface area contributed by atoms with E-state index in [0.717, 1.165) is 10.7 Å². The van der Waals surface area contributed by atoms with Gasteiger partial charge in [0.1, 0.15) is 11.4 Å². The van der Waals surface area contributed by atoms with Gasteiger partial charge in [0.2, 0.25) is 5.82 Å². The van der Waals surface area contributed by atoms with Crippen molar-refractivity contribution in [1.82, 2.24) is 19.9 Å². The summed E-state index contributed by atoms with van der Waals surface area (Å²) in [7, 11) is 1.48. The smallest absolute Gasteiger partial charge is 0.471 e. The molecule has 0 aliphatic heterocycles. The number of benzene rings is 2. The Hall–Kier alpha value is -3.83. The summed E-state index contributed by atoms with van der Waals surface area (Å²) < 4.78 is 88.7. The summed E-state index contributed by atoms with van der Waals surface area (Å²) in [6.07, 6.45) is -9.42. The maximum Gasteiger partial charge on any atom is 0.471 e. The Labute approximate surface area is 182 Å². The summed E-state index contributed by atoms with van der Waals surface area (Å²) in [5.74, 6) is -1.22. The van der Waals surface area contributed by atoms with Gasteiger partial charge in [-0.1, -0.05) is 29.4 Å². The van der Waals surface area contributed by atoms with Crippen LogP contribution in [0.5, 0.6) is 5.75 Å². The molecule has 12 heteroatoms. The molecule has 2 aromatic heterocycles. The zero-order chi connectivity index (χ0) is 23.8. The highest BCUT2D eigenvalue weighted by molar-refractivity contribution is 5.61. The molecule has 0 aliphatic carbocycles. The van der Waals surface area contributed by atoms with Gasteiger partial charge < -0.3 is 9.26 Å². The van der Waals surface area contributed by atoms with E-state index in [1.165, 1.54) is 31.4 Å². The van der Waals surface area contributed by atoms with E-state index in [-0.39, 0.29) is 23.6 Å². The van der Waals surface area contributed by atoms with Crippen LogP contribution in [0.2, 0.25) is 0 Å². The van der Waals surface area contributed by atoms with E-state index in [1.54, 1.807) is 24.3 Å². The predicted molar refractivity (Wildman–Crippen MR) is 103 cm³/mol. The molecule has 2 heterocycles. The van der Waals surface area contributed by atoms with Crippen LogP contribution in [-0.2, 0) is 18.9 Å². The Morgan fingerprint density at radius 2 is 1.52 bits per heavy atom. The second-order valence-electron chi connectivity index (χ2n) is 6.92. The molecule has 2 aromatic carbocycles.